The van der Waals surface area contributed by atoms with Gasteiger partial charge in [-0.2, -0.15) is 0 Å². The number of nitrogens with two attached hydrogens (primary N) is 1. The highest BCUT2D eigenvalue weighted by atomic mass is 16.5. The van der Waals surface area contributed by atoms with Crippen LogP contribution in [0.3, 0.4) is 0 Å². The van der Waals surface area contributed by atoms with Crippen molar-refractivity contribution in [2.45, 2.75) is 18.9 Å². The van der Waals surface area contributed by atoms with Crippen LogP contribution in [0.15, 0.2) is 24.3 Å². The Morgan fingerprint density at radius 2 is 2.36 bits per heavy atom. The van der Waals surface area contributed by atoms with Gasteiger partial charge in [-0.05, 0) is 31.5 Å². The molecule has 1 aliphatic rings. The summed E-state index contributed by atoms with van der Waals surface area (Å²) in [6.07, 6.45) is 2.61. The first kappa shape index (κ1) is 9.34. The third-order valence-electron chi connectivity index (χ3n) is 2.41. The molecule has 0 aliphatic carbocycles. The highest BCUT2D eigenvalue weighted by molar-refractivity contribution is 5.43. The minimum absolute atomic E-state index is 0.297. The lowest BCUT2D eigenvalue weighted by Crippen LogP contribution is -2.37. The van der Waals surface area contributed by atoms with Crippen molar-refractivity contribution in [3.63, 3.8) is 0 Å². The van der Waals surface area contributed by atoms with E-state index in [1.807, 2.05) is 24.3 Å². The van der Waals surface area contributed by atoms with Crippen molar-refractivity contribution in [3.8, 4) is 5.75 Å². The quantitative estimate of drug-likeness (QED) is 0.696. The van der Waals surface area contributed by atoms with Crippen LogP contribution in [0.4, 0.5) is 5.69 Å². The first-order valence-electron chi connectivity index (χ1n) is 5.07. The van der Waals surface area contributed by atoms with Crippen molar-refractivity contribution in [1.82, 2.24) is 5.32 Å². The van der Waals surface area contributed by atoms with Gasteiger partial charge < -0.3 is 15.8 Å². The van der Waals surface area contributed by atoms with E-state index in [1.54, 1.807) is 0 Å². The number of ether oxygens (including phenoxy) is 1. The Morgan fingerprint density at radius 3 is 3.07 bits per heavy atom. The average Bonchev–Trinajstić information content (AvgIpc) is 2.19. The van der Waals surface area contributed by atoms with Crippen LogP contribution in [0, 0.1) is 0 Å². The fraction of sp³-hybridized carbons (Fsp3) is 0.455. The van der Waals surface area contributed by atoms with E-state index in [0.717, 1.165) is 30.9 Å². The fourth-order valence-electron chi connectivity index (χ4n) is 1.70. The van der Waals surface area contributed by atoms with Gasteiger partial charge in [0.25, 0.3) is 0 Å². The Labute approximate surface area is 84.3 Å². The molecule has 3 N–H and O–H groups in total. The number of anilines is 1. The van der Waals surface area contributed by atoms with Crippen LogP contribution in [-0.4, -0.2) is 19.2 Å². The zero-order chi connectivity index (χ0) is 9.80. The first-order chi connectivity index (χ1) is 6.84. The first-order valence-corrected chi connectivity index (χ1v) is 5.07. The van der Waals surface area contributed by atoms with Crippen molar-refractivity contribution in [2.75, 3.05) is 18.8 Å². The second-order valence-corrected chi connectivity index (χ2v) is 3.66. The monoisotopic (exact) mass is 192 g/mol. The Morgan fingerprint density at radius 1 is 1.43 bits per heavy atom. The normalized spacial score (nSPS) is 21.9. The lowest BCUT2D eigenvalue weighted by atomic mass is 10.1. The second kappa shape index (κ2) is 4.33. The molecule has 1 aromatic rings. The predicted octanol–water partition coefficient (Wildman–Crippen LogP) is 1.40. The minimum Gasteiger partial charge on any atom is -0.489 e. The highest BCUT2D eigenvalue weighted by Gasteiger charge is 2.13. The van der Waals surface area contributed by atoms with Crippen LogP contribution in [0.5, 0.6) is 5.75 Å². The van der Waals surface area contributed by atoms with Gasteiger partial charge in [0.15, 0.2) is 0 Å². The van der Waals surface area contributed by atoms with E-state index in [2.05, 4.69) is 5.32 Å². The molecule has 0 bridgehead atoms. The maximum absolute atomic E-state index is 5.79. The van der Waals surface area contributed by atoms with E-state index in [0.29, 0.717) is 6.10 Å². The SMILES string of the molecule is Nc1cccc(OC2CCCNC2)c1. The highest BCUT2D eigenvalue weighted by Crippen LogP contribution is 2.18. The predicted molar refractivity (Wildman–Crippen MR) is 57.4 cm³/mol. The third-order valence-corrected chi connectivity index (χ3v) is 2.41. The minimum atomic E-state index is 0.297. The molecule has 0 spiro atoms. The zero-order valence-corrected chi connectivity index (χ0v) is 8.20. The summed E-state index contributed by atoms with van der Waals surface area (Å²) in [6, 6.07) is 7.60. The van der Waals surface area contributed by atoms with Crippen molar-refractivity contribution in [2.24, 2.45) is 0 Å². The van der Waals surface area contributed by atoms with E-state index in [1.165, 1.54) is 6.42 Å². The number of piperidine rings is 1. The Kier molecular flexibility index (Phi) is 2.89. The van der Waals surface area contributed by atoms with Crippen LogP contribution in [0.1, 0.15) is 12.8 Å². The maximum atomic E-state index is 5.79. The number of nitrogen functional groups attached to an aromatic ring is 1. The van der Waals surface area contributed by atoms with Gasteiger partial charge in [-0.1, -0.05) is 6.07 Å². The Hall–Kier alpha value is -1.22. The molecule has 1 aliphatic heterocycles. The van der Waals surface area contributed by atoms with Crippen LogP contribution < -0.4 is 15.8 Å². The Balaban J connectivity index is 1.95. The van der Waals surface area contributed by atoms with Crippen molar-refractivity contribution in [3.05, 3.63) is 24.3 Å². The standard InChI is InChI=1S/C11H16N2O/c12-9-3-1-4-10(7-9)14-11-5-2-6-13-8-11/h1,3-4,7,11,13H,2,5-6,8,12H2. The average molecular weight is 192 g/mol. The van der Waals surface area contributed by atoms with Gasteiger partial charge in [-0.15, -0.1) is 0 Å². The summed E-state index contributed by atoms with van der Waals surface area (Å²) < 4.78 is 5.79. The summed E-state index contributed by atoms with van der Waals surface area (Å²) in [5.74, 6) is 0.874. The summed E-state index contributed by atoms with van der Waals surface area (Å²) >= 11 is 0. The van der Waals surface area contributed by atoms with Crippen molar-refractivity contribution >= 4 is 5.69 Å². The van der Waals surface area contributed by atoms with Crippen LogP contribution >= 0.6 is 0 Å². The van der Waals surface area contributed by atoms with Crippen LogP contribution in [0.2, 0.25) is 0 Å². The molecule has 3 nitrogen and oxygen atoms in total. The molecular weight excluding hydrogens is 176 g/mol. The van der Waals surface area contributed by atoms with Gasteiger partial charge in [0.1, 0.15) is 11.9 Å². The molecule has 0 saturated carbocycles. The second-order valence-electron chi connectivity index (χ2n) is 3.66. The summed E-state index contributed by atoms with van der Waals surface area (Å²) in [6.45, 7) is 2.05. The van der Waals surface area contributed by atoms with Gasteiger partial charge in [0.05, 0.1) is 0 Å². The lowest BCUT2D eigenvalue weighted by Gasteiger charge is -2.23. The summed E-state index contributed by atoms with van der Waals surface area (Å²) in [5.41, 5.74) is 6.42. The summed E-state index contributed by atoms with van der Waals surface area (Å²) in [4.78, 5) is 0. The van der Waals surface area contributed by atoms with Crippen molar-refractivity contribution < 1.29 is 4.74 Å². The molecular formula is C11H16N2O. The van der Waals surface area contributed by atoms with E-state index in [9.17, 15) is 0 Å². The number of hydrogen-bond acceptors (Lipinski definition) is 3. The Bertz CT molecular complexity index is 295. The number of benzene rings is 1. The molecule has 1 aromatic carbocycles. The molecule has 1 fully saturated rings. The van der Waals surface area contributed by atoms with E-state index in [4.69, 9.17) is 10.5 Å². The molecule has 1 atom stereocenters. The molecule has 0 radical (unpaired) electrons. The fourth-order valence-corrected chi connectivity index (χ4v) is 1.70. The molecule has 1 saturated heterocycles. The number of nitrogens with one attached hydrogen (secondary N) is 1. The van der Waals surface area contributed by atoms with Gasteiger partial charge in [-0.3, -0.25) is 0 Å². The molecule has 1 heterocycles. The maximum Gasteiger partial charge on any atom is 0.121 e. The number of rotatable bonds is 2. The van der Waals surface area contributed by atoms with E-state index >= 15 is 0 Å². The topological polar surface area (TPSA) is 47.3 Å². The summed E-state index contributed by atoms with van der Waals surface area (Å²) in [5, 5.41) is 3.31. The van der Waals surface area contributed by atoms with Crippen LogP contribution in [0.25, 0.3) is 0 Å². The largest absolute Gasteiger partial charge is 0.489 e. The molecule has 2 rings (SSSR count). The molecule has 0 aromatic heterocycles. The number of hydrogen-bond donors (Lipinski definition) is 2. The van der Waals surface area contributed by atoms with Gasteiger partial charge >= 0.3 is 0 Å². The third kappa shape index (κ3) is 2.39. The zero-order valence-electron chi connectivity index (χ0n) is 8.20. The lowest BCUT2D eigenvalue weighted by molar-refractivity contribution is 0.167. The van der Waals surface area contributed by atoms with E-state index < -0.39 is 0 Å². The van der Waals surface area contributed by atoms with Gasteiger partial charge in [-0.25, -0.2) is 0 Å². The molecule has 0 amide bonds. The van der Waals surface area contributed by atoms with Gasteiger partial charge in [0, 0.05) is 18.3 Å². The molecule has 76 valence electrons. The van der Waals surface area contributed by atoms with Crippen LogP contribution in [-0.2, 0) is 0 Å². The van der Waals surface area contributed by atoms with E-state index in [-0.39, 0.29) is 0 Å². The smallest absolute Gasteiger partial charge is 0.121 e. The molecule has 14 heavy (non-hydrogen) atoms. The molecule has 3 heteroatoms. The molecule has 1 unspecified atom stereocenters. The van der Waals surface area contributed by atoms with Crippen molar-refractivity contribution in [1.29, 1.82) is 0 Å². The van der Waals surface area contributed by atoms with Gasteiger partial charge in [0.2, 0.25) is 0 Å². The summed E-state index contributed by atoms with van der Waals surface area (Å²) in [7, 11) is 0.